The van der Waals surface area contributed by atoms with Gasteiger partial charge in [0.1, 0.15) is 11.9 Å². The summed E-state index contributed by atoms with van der Waals surface area (Å²) >= 11 is 4.24. The first-order valence-electron chi connectivity index (χ1n) is 4.76. The highest BCUT2D eigenvalue weighted by molar-refractivity contribution is 9.10. The van der Waals surface area contributed by atoms with Crippen molar-refractivity contribution in [3.8, 4) is 0 Å². The molecule has 0 radical (unpaired) electrons. The number of H-pyrrole nitrogens is 1. The van der Waals surface area contributed by atoms with Gasteiger partial charge in [-0.25, -0.2) is 0 Å². The Bertz CT molecular complexity index is 639. The fourth-order valence-corrected chi connectivity index (χ4v) is 2.37. The average molecular weight is 331 g/mol. The van der Waals surface area contributed by atoms with Crippen molar-refractivity contribution in [1.29, 1.82) is 0 Å². The molecule has 9 heteroatoms. The summed E-state index contributed by atoms with van der Waals surface area (Å²) in [5.41, 5.74) is 0.881. The van der Waals surface area contributed by atoms with Gasteiger partial charge in [0.05, 0.1) is 15.9 Å². The van der Waals surface area contributed by atoms with Crippen LogP contribution < -0.4 is 10.2 Å². The molecule has 0 aliphatic carbocycles. The minimum Gasteiger partial charge on any atom is -0.373 e. The molecule has 0 aliphatic heterocycles. The van der Waals surface area contributed by atoms with Crippen molar-refractivity contribution in [3.05, 3.63) is 47.7 Å². The van der Waals surface area contributed by atoms with Gasteiger partial charge in [-0.05, 0) is 15.9 Å². The Morgan fingerprint density at radius 1 is 1.56 bits per heavy atom. The summed E-state index contributed by atoms with van der Waals surface area (Å²) in [6.07, 6.45) is 2.63. The fraction of sp³-hybridized carbons (Fsp3) is 0.111. The molecule has 0 saturated heterocycles. The number of rotatable bonds is 4. The summed E-state index contributed by atoms with van der Waals surface area (Å²) in [5.74, 6) is 0. The standard InChI is InChI=1S/C9H7BrN4O3S/c10-6-2-11-3-7(14(16)17)8(6)12-1-5-4-18-9(15)13-5/h2-4H,1H2,(H,11,12)(H,13,15). The van der Waals surface area contributed by atoms with Crippen LogP contribution in [0.25, 0.3) is 0 Å². The third-order valence-corrected chi connectivity index (χ3v) is 3.42. The van der Waals surface area contributed by atoms with Gasteiger partial charge in [0.15, 0.2) is 0 Å². The molecule has 2 aromatic rings. The molecule has 7 nitrogen and oxygen atoms in total. The topological polar surface area (TPSA) is 101 Å². The fourth-order valence-electron chi connectivity index (χ4n) is 1.32. The summed E-state index contributed by atoms with van der Waals surface area (Å²) in [6.45, 7) is 0.294. The maximum absolute atomic E-state index is 11.0. The molecule has 94 valence electrons. The molecule has 2 rings (SSSR count). The highest BCUT2D eigenvalue weighted by Crippen LogP contribution is 2.31. The van der Waals surface area contributed by atoms with E-state index in [2.05, 4.69) is 31.2 Å². The van der Waals surface area contributed by atoms with Crippen molar-refractivity contribution in [2.75, 3.05) is 5.32 Å². The number of pyridine rings is 1. The molecular weight excluding hydrogens is 324 g/mol. The Morgan fingerprint density at radius 3 is 2.94 bits per heavy atom. The number of nitrogens with zero attached hydrogens (tertiary/aromatic N) is 2. The Morgan fingerprint density at radius 2 is 2.33 bits per heavy atom. The van der Waals surface area contributed by atoms with Crippen molar-refractivity contribution in [2.45, 2.75) is 6.54 Å². The van der Waals surface area contributed by atoms with E-state index in [1.807, 2.05) is 0 Å². The molecule has 0 atom stereocenters. The number of halogens is 1. The van der Waals surface area contributed by atoms with E-state index in [4.69, 9.17) is 0 Å². The summed E-state index contributed by atoms with van der Waals surface area (Å²) < 4.78 is 0.495. The van der Waals surface area contributed by atoms with Gasteiger partial charge in [-0.3, -0.25) is 19.9 Å². The maximum atomic E-state index is 11.0. The maximum Gasteiger partial charge on any atom is 0.311 e. The zero-order valence-electron chi connectivity index (χ0n) is 8.84. The molecule has 0 unspecified atom stereocenters. The van der Waals surface area contributed by atoms with Crippen LogP contribution in [0, 0.1) is 10.1 Å². The monoisotopic (exact) mass is 330 g/mol. The van der Waals surface area contributed by atoms with Crippen LogP contribution in [0.5, 0.6) is 0 Å². The van der Waals surface area contributed by atoms with Crippen molar-refractivity contribution < 1.29 is 4.92 Å². The second-order valence-corrected chi connectivity index (χ2v) is 5.00. The summed E-state index contributed by atoms with van der Waals surface area (Å²) in [5, 5.41) is 15.4. The van der Waals surface area contributed by atoms with Gasteiger partial charge in [0, 0.05) is 17.3 Å². The van der Waals surface area contributed by atoms with Gasteiger partial charge < -0.3 is 10.3 Å². The molecule has 0 amide bonds. The Hall–Kier alpha value is -1.74. The first kappa shape index (κ1) is 12.7. The first-order chi connectivity index (χ1) is 8.58. The van der Waals surface area contributed by atoms with Gasteiger partial charge in [-0.15, -0.1) is 0 Å². The first-order valence-corrected chi connectivity index (χ1v) is 6.43. The van der Waals surface area contributed by atoms with Crippen LogP contribution in [0.15, 0.2) is 27.0 Å². The molecule has 2 heterocycles. The van der Waals surface area contributed by atoms with E-state index in [1.165, 1.54) is 12.4 Å². The minimum atomic E-state index is -0.517. The van der Waals surface area contributed by atoms with Crippen LogP contribution >= 0.6 is 27.3 Å². The average Bonchev–Trinajstić information content (AvgIpc) is 2.73. The van der Waals surface area contributed by atoms with Gasteiger partial charge >= 0.3 is 10.6 Å². The van der Waals surface area contributed by atoms with Crippen molar-refractivity contribution in [1.82, 2.24) is 9.97 Å². The molecule has 18 heavy (non-hydrogen) atoms. The summed E-state index contributed by atoms with van der Waals surface area (Å²) in [7, 11) is 0. The molecule has 0 aromatic carbocycles. The number of thiazole rings is 1. The molecule has 2 aromatic heterocycles. The third-order valence-electron chi connectivity index (χ3n) is 2.10. The summed E-state index contributed by atoms with van der Waals surface area (Å²) in [4.78, 5) is 27.5. The quantitative estimate of drug-likeness (QED) is 0.660. The zero-order chi connectivity index (χ0) is 13.1. The van der Waals surface area contributed by atoms with Crippen molar-refractivity contribution >= 4 is 38.6 Å². The largest absolute Gasteiger partial charge is 0.373 e. The van der Waals surface area contributed by atoms with E-state index in [0.717, 1.165) is 11.3 Å². The molecule has 0 saturated carbocycles. The molecule has 0 spiro atoms. The zero-order valence-corrected chi connectivity index (χ0v) is 11.2. The second kappa shape index (κ2) is 5.27. The number of anilines is 1. The highest BCUT2D eigenvalue weighted by atomic mass is 79.9. The van der Waals surface area contributed by atoms with E-state index in [9.17, 15) is 14.9 Å². The third kappa shape index (κ3) is 2.74. The SMILES string of the molecule is O=c1[nH]c(CNc2c(Br)cncc2[N+](=O)[O-])cs1. The van der Waals surface area contributed by atoms with Crippen LogP contribution in [-0.2, 0) is 6.54 Å². The van der Waals surface area contributed by atoms with E-state index in [-0.39, 0.29) is 10.6 Å². The number of hydrogen-bond acceptors (Lipinski definition) is 6. The predicted octanol–water partition coefficient (Wildman–Crippen LogP) is 2.11. The normalized spacial score (nSPS) is 10.3. The Labute approximate surface area is 113 Å². The summed E-state index contributed by atoms with van der Waals surface area (Å²) in [6, 6.07) is 0. The van der Waals surface area contributed by atoms with E-state index < -0.39 is 4.92 Å². The van der Waals surface area contributed by atoms with Crippen LogP contribution in [0.2, 0.25) is 0 Å². The van der Waals surface area contributed by atoms with E-state index in [1.54, 1.807) is 5.38 Å². The van der Waals surface area contributed by atoms with Gasteiger partial charge in [-0.1, -0.05) is 11.3 Å². The van der Waals surface area contributed by atoms with Gasteiger partial charge in [-0.2, -0.15) is 0 Å². The van der Waals surface area contributed by atoms with Crippen molar-refractivity contribution in [3.63, 3.8) is 0 Å². The lowest BCUT2D eigenvalue weighted by molar-refractivity contribution is -0.384. The Balaban J connectivity index is 2.23. The highest BCUT2D eigenvalue weighted by Gasteiger charge is 2.17. The van der Waals surface area contributed by atoms with Gasteiger partial charge in [0.25, 0.3) is 0 Å². The lowest BCUT2D eigenvalue weighted by Gasteiger charge is -2.07. The number of aromatic amines is 1. The van der Waals surface area contributed by atoms with Gasteiger partial charge in [0.2, 0.25) is 0 Å². The lowest BCUT2D eigenvalue weighted by atomic mass is 10.3. The van der Waals surface area contributed by atoms with Crippen LogP contribution in [-0.4, -0.2) is 14.9 Å². The van der Waals surface area contributed by atoms with E-state index in [0.29, 0.717) is 22.4 Å². The molecule has 0 fully saturated rings. The number of aromatic nitrogens is 2. The Kier molecular flexibility index (Phi) is 3.72. The number of hydrogen-bond donors (Lipinski definition) is 2. The molecule has 0 aliphatic rings. The lowest BCUT2D eigenvalue weighted by Crippen LogP contribution is -2.05. The predicted molar refractivity (Wildman–Crippen MR) is 70.9 cm³/mol. The van der Waals surface area contributed by atoms with Crippen LogP contribution in [0.3, 0.4) is 0 Å². The second-order valence-electron chi connectivity index (χ2n) is 3.30. The molecule has 2 N–H and O–H groups in total. The van der Waals surface area contributed by atoms with Crippen LogP contribution in [0.1, 0.15) is 5.69 Å². The van der Waals surface area contributed by atoms with E-state index >= 15 is 0 Å². The molecule has 0 bridgehead atoms. The number of nitrogens with one attached hydrogen (secondary N) is 2. The van der Waals surface area contributed by atoms with Crippen molar-refractivity contribution in [2.24, 2.45) is 0 Å². The smallest absolute Gasteiger partial charge is 0.311 e. The minimum absolute atomic E-state index is 0.123. The van der Waals surface area contributed by atoms with Crippen LogP contribution in [0.4, 0.5) is 11.4 Å². The molecular formula is C9H7BrN4O3S. The number of nitro groups is 1.